The van der Waals surface area contributed by atoms with Crippen molar-refractivity contribution < 1.29 is 4.74 Å². The molecule has 0 aliphatic carbocycles. The Balaban J connectivity index is 1.67. The lowest BCUT2D eigenvalue weighted by atomic mass is 10.1. The molecule has 1 saturated heterocycles. The summed E-state index contributed by atoms with van der Waals surface area (Å²) in [5.41, 5.74) is 0. The van der Waals surface area contributed by atoms with Gasteiger partial charge in [0.05, 0.1) is 6.61 Å². The standard InChI is InChI=1S/C12H17NO/c1-2-4-12(5-3-1)14-9-7-11-6-8-13-10-11/h1-5,11,13H,6-10H2/t11-/m1/s1. The molecule has 1 aliphatic heterocycles. The van der Waals surface area contributed by atoms with Crippen LogP contribution in [-0.2, 0) is 0 Å². The summed E-state index contributed by atoms with van der Waals surface area (Å²) in [6.45, 7) is 3.19. The van der Waals surface area contributed by atoms with Gasteiger partial charge in [0.2, 0.25) is 0 Å². The van der Waals surface area contributed by atoms with E-state index in [0.29, 0.717) is 0 Å². The van der Waals surface area contributed by atoms with Gasteiger partial charge in [-0.1, -0.05) is 18.2 Å². The Kier molecular flexibility index (Phi) is 3.41. The minimum Gasteiger partial charge on any atom is -0.494 e. The zero-order valence-electron chi connectivity index (χ0n) is 8.41. The van der Waals surface area contributed by atoms with E-state index in [1.54, 1.807) is 0 Å². The third kappa shape index (κ3) is 2.74. The Morgan fingerprint density at radius 3 is 2.86 bits per heavy atom. The molecule has 1 aromatic carbocycles. The van der Waals surface area contributed by atoms with Crippen molar-refractivity contribution in [1.29, 1.82) is 0 Å². The number of ether oxygens (including phenoxy) is 1. The number of benzene rings is 1. The van der Waals surface area contributed by atoms with Crippen molar-refractivity contribution >= 4 is 0 Å². The first-order valence-electron chi connectivity index (χ1n) is 5.34. The average molecular weight is 191 g/mol. The average Bonchev–Trinajstić information content (AvgIpc) is 2.72. The highest BCUT2D eigenvalue weighted by molar-refractivity contribution is 5.20. The van der Waals surface area contributed by atoms with Gasteiger partial charge in [0.25, 0.3) is 0 Å². The van der Waals surface area contributed by atoms with E-state index in [1.165, 1.54) is 19.4 Å². The van der Waals surface area contributed by atoms with E-state index >= 15 is 0 Å². The number of hydrogen-bond acceptors (Lipinski definition) is 2. The van der Waals surface area contributed by atoms with Gasteiger partial charge < -0.3 is 10.1 Å². The minimum absolute atomic E-state index is 0.818. The van der Waals surface area contributed by atoms with Crippen LogP contribution in [0, 0.1) is 5.92 Å². The molecule has 2 heteroatoms. The Bertz CT molecular complexity index is 254. The molecule has 0 aromatic heterocycles. The summed E-state index contributed by atoms with van der Waals surface area (Å²) in [5.74, 6) is 1.80. The number of rotatable bonds is 4. The van der Waals surface area contributed by atoms with Crippen LogP contribution in [0.4, 0.5) is 0 Å². The maximum Gasteiger partial charge on any atom is 0.119 e. The van der Waals surface area contributed by atoms with E-state index in [0.717, 1.165) is 24.8 Å². The summed E-state index contributed by atoms with van der Waals surface area (Å²) in [6, 6.07) is 10.0. The molecular formula is C12H17NO. The van der Waals surface area contributed by atoms with Gasteiger partial charge in [-0.25, -0.2) is 0 Å². The second-order valence-electron chi connectivity index (χ2n) is 3.81. The Labute approximate surface area is 85.3 Å². The van der Waals surface area contributed by atoms with Crippen LogP contribution in [-0.4, -0.2) is 19.7 Å². The van der Waals surface area contributed by atoms with E-state index in [4.69, 9.17) is 4.74 Å². The second kappa shape index (κ2) is 5.01. The topological polar surface area (TPSA) is 21.3 Å². The lowest BCUT2D eigenvalue weighted by molar-refractivity contribution is 0.283. The molecule has 1 aromatic rings. The molecule has 0 amide bonds. The highest BCUT2D eigenvalue weighted by Gasteiger charge is 2.13. The van der Waals surface area contributed by atoms with Crippen molar-refractivity contribution in [3.05, 3.63) is 30.3 Å². The molecule has 0 saturated carbocycles. The van der Waals surface area contributed by atoms with Gasteiger partial charge in [-0.15, -0.1) is 0 Å². The zero-order chi connectivity index (χ0) is 9.64. The van der Waals surface area contributed by atoms with Crippen LogP contribution in [0.3, 0.4) is 0 Å². The van der Waals surface area contributed by atoms with Crippen molar-refractivity contribution in [1.82, 2.24) is 5.32 Å². The fourth-order valence-electron chi connectivity index (χ4n) is 1.82. The van der Waals surface area contributed by atoms with Crippen LogP contribution in [0.25, 0.3) is 0 Å². The molecule has 1 aliphatic rings. The highest BCUT2D eigenvalue weighted by atomic mass is 16.5. The predicted molar refractivity (Wildman–Crippen MR) is 57.5 cm³/mol. The largest absolute Gasteiger partial charge is 0.494 e. The Hall–Kier alpha value is -1.02. The van der Waals surface area contributed by atoms with Crippen molar-refractivity contribution in [3.8, 4) is 5.75 Å². The summed E-state index contributed by atoms with van der Waals surface area (Å²) in [5, 5.41) is 3.37. The number of nitrogens with one attached hydrogen (secondary N) is 1. The lowest BCUT2D eigenvalue weighted by Crippen LogP contribution is -2.11. The number of para-hydroxylation sites is 1. The van der Waals surface area contributed by atoms with Crippen LogP contribution < -0.4 is 10.1 Å². The van der Waals surface area contributed by atoms with Crippen molar-refractivity contribution in [2.45, 2.75) is 12.8 Å². The zero-order valence-corrected chi connectivity index (χ0v) is 8.41. The van der Waals surface area contributed by atoms with Gasteiger partial charge in [0.1, 0.15) is 5.75 Å². The van der Waals surface area contributed by atoms with E-state index in [1.807, 2.05) is 30.3 Å². The fraction of sp³-hybridized carbons (Fsp3) is 0.500. The molecular weight excluding hydrogens is 174 g/mol. The highest BCUT2D eigenvalue weighted by Crippen LogP contribution is 2.14. The summed E-state index contributed by atoms with van der Waals surface area (Å²) in [7, 11) is 0. The fourth-order valence-corrected chi connectivity index (χ4v) is 1.82. The molecule has 1 N–H and O–H groups in total. The number of hydrogen-bond donors (Lipinski definition) is 1. The quantitative estimate of drug-likeness (QED) is 0.786. The summed E-state index contributed by atoms with van der Waals surface area (Å²) in [6.07, 6.45) is 2.47. The van der Waals surface area contributed by atoms with E-state index < -0.39 is 0 Å². The smallest absolute Gasteiger partial charge is 0.119 e. The van der Waals surface area contributed by atoms with Gasteiger partial charge in [-0.3, -0.25) is 0 Å². The molecule has 2 rings (SSSR count). The molecule has 0 radical (unpaired) electrons. The van der Waals surface area contributed by atoms with Gasteiger partial charge in [-0.05, 0) is 44.0 Å². The van der Waals surface area contributed by atoms with Crippen molar-refractivity contribution in [2.75, 3.05) is 19.7 Å². The van der Waals surface area contributed by atoms with Crippen LogP contribution in [0.15, 0.2) is 30.3 Å². The maximum absolute atomic E-state index is 5.64. The Morgan fingerprint density at radius 2 is 2.14 bits per heavy atom. The van der Waals surface area contributed by atoms with Gasteiger partial charge in [0.15, 0.2) is 0 Å². The first-order valence-corrected chi connectivity index (χ1v) is 5.34. The van der Waals surface area contributed by atoms with Crippen molar-refractivity contribution in [2.24, 2.45) is 5.92 Å². The van der Waals surface area contributed by atoms with Crippen LogP contribution in [0.5, 0.6) is 5.75 Å². The van der Waals surface area contributed by atoms with Gasteiger partial charge in [-0.2, -0.15) is 0 Å². The molecule has 14 heavy (non-hydrogen) atoms. The van der Waals surface area contributed by atoms with Crippen LogP contribution in [0.1, 0.15) is 12.8 Å². The third-order valence-electron chi connectivity index (χ3n) is 2.70. The maximum atomic E-state index is 5.64. The van der Waals surface area contributed by atoms with E-state index in [-0.39, 0.29) is 0 Å². The van der Waals surface area contributed by atoms with Gasteiger partial charge >= 0.3 is 0 Å². The lowest BCUT2D eigenvalue weighted by Gasteiger charge is -2.09. The van der Waals surface area contributed by atoms with E-state index in [9.17, 15) is 0 Å². The Morgan fingerprint density at radius 1 is 1.29 bits per heavy atom. The molecule has 1 heterocycles. The normalized spacial score (nSPS) is 21.0. The van der Waals surface area contributed by atoms with Crippen LogP contribution >= 0.6 is 0 Å². The first-order chi connectivity index (χ1) is 6.95. The second-order valence-corrected chi connectivity index (χ2v) is 3.81. The minimum atomic E-state index is 0.818. The molecule has 0 spiro atoms. The summed E-state index contributed by atoms with van der Waals surface area (Å²) >= 11 is 0. The molecule has 76 valence electrons. The summed E-state index contributed by atoms with van der Waals surface area (Å²) in [4.78, 5) is 0. The molecule has 1 atom stereocenters. The molecule has 0 bridgehead atoms. The first kappa shape index (κ1) is 9.53. The monoisotopic (exact) mass is 191 g/mol. The summed E-state index contributed by atoms with van der Waals surface area (Å²) < 4.78 is 5.64. The van der Waals surface area contributed by atoms with Gasteiger partial charge in [0, 0.05) is 0 Å². The van der Waals surface area contributed by atoms with Crippen LogP contribution in [0.2, 0.25) is 0 Å². The third-order valence-corrected chi connectivity index (χ3v) is 2.70. The molecule has 2 nitrogen and oxygen atoms in total. The SMILES string of the molecule is c1ccc(OCC[C@H]2CCNC2)cc1. The van der Waals surface area contributed by atoms with Crippen molar-refractivity contribution in [3.63, 3.8) is 0 Å². The predicted octanol–water partition coefficient (Wildman–Crippen LogP) is 2.06. The van der Waals surface area contributed by atoms with E-state index in [2.05, 4.69) is 5.32 Å². The molecule has 0 unspecified atom stereocenters. The molecule has 1 fully saturated rings.